The molecule has 0 atom stereocenters. The summed E-state index contributed by atoms with van der Waals surface area (Å²) in [7, 11) is 0. The first-order valence-electron chi connectivity index (χ1n) is 20.2. The van der Waals surface area contributed by atoms with E-state index < -0.39 is 0 Å². The molecule has 9 heterocycles. The van der Waals surface area contributed by atoms with E-state index >= 15 is 0 Å². The van der Waals surface area contributed by atoms with Crippen LogP contribution in [-0.2, 0) is 0 Å². The second kappa shape index (κ2) is 16.2. The van der Waals surface area contributed by atoms with Gasteiger partial charge >= 0.3 is 0 Å². The van der Waals surface area contributed by atoms with Crippen LogP contribution in [0.1, 0.15) is 72.7 Å². The molecule has 3 aromatic heterocycles. The fraction of sp³-hybridized carbons (Fsp3) is 0.250. The zero-order chi connectivity index (χ0) is 38.2. The van der Waals surface area contributed by atoms with E-state index in [9.17, 15) is 0 Å². The molecule has 0 aromatic carbocycles. The van der Waals surface area contributed by atoms with E-state index in [0.29, 0.717) is 0 Å². The molecule has 6 aliphatic rings. The first-order chi connectivity index (χ1) is 27.5. The molecule has 8 bridgehead atoms. The lowest BCUT2D eigenvalue weighted by atomic mass is 10.0. The summed E-state index contributed by atoms with van der Waals surface area (Å²) < 4.78 is 0. The lowest BCUT2D eigenvalue weighted by Crippen LogP contribution is -2.19. The molecule has 9 heteroatoms. The Balaban J connectivity index is 0.00000455. The standard InChI is InChI=1S/C48H50N8.ClH/c1-5-53-25-17-33(18-26-53)45-37-9-11-39(49-37)46(34-19-27-54(6-2)28-20-34)41-13-15-43(51-41)48(36-23-31-56(8-4)32-24-36)44-16-14-42(52-44)47(40-12-10-38(45)50-40)35-21-29-55(7-3)30-22-35;/h9-25,27,29,31,49,52H,5-8,26,28,30,32H2,1-4H3;1H. The molecular formula is C48H51ClN8. The van der Waals surface area contributed by atoms with E-state index in [0.717, 1.165) is 142 Å². The molecule has 0 aliphatic carbocycles. The van der Waals surface area contributed by atoms with Crippen molar-refractivity contribution >= 4 is 81.1 Å². The number of aromatic amines is 2. The largest absolute Gasteiger partial charge is 0.374 e. The smallest absolute Gasteiger partial charge is 0.0737 e. The summed E-state index contributed by atoms with van der Waals surface area (Å²) in [6.07, 6.45) is 35.8. The summed E-state index contributed by atoms with van der Waals surface area (Å²) in [5.41, 5.74) is 16.9. The molecular weight excluding hydrogens is 724 g/mol. The Kier molecular flexibility index (Phi) is 10.8. The van der Waals surface area contributed by atoms with Crippen LogP contribution in [0.5, 0.6) is 0 Å². The number of halogens is 1. The number of likely N-dealkylation sites (N-methyl/N-ethyl adjacent to an activating group) is 4. The van der Waals surface area contributed by atoms with Gasteiger partial charge in [-0.3, -0.25) is 0 Å². The van der Waals surface area contributed by atoms with Crippen molar-refractivity contribution < 1.29 is 0 Å². The van der Waals surface area contributed by atoms with E-state index in [2.05, 4.69) is 179 Å². The lowest BCUT2D eigenvalue weighted by Gasteiger charge is -2.21. The van der Waals surface area contributed by atoms with Crippen LogP contribution in [0.3, 0.4) is 0 Å². The molecule has 0 amide bonds. The fourth-order valence-electron chi connectivity index (χ4n) is 8.22. The van der Waals surface area contributed by atoms with Gasteiger partial charge in [-0.1, -0.05) is 24.3 Å². The first kappa shape index (κ1) is 37.9. The second-order valence-electron chi connectivity index (χ2n) is 14.8. The molecule has 57 heavy (non-hydrogen) atoms. The van der Waals surface area contributed by atoms with E-state index in [4.69, 9.17) is 9.97 Å². The van der Waals surface area contributed by atoms with Crippen LogP contribution in [0.15, 0.2) is 97.7 Å². The molecule has 0 fully saturated rings. The normalized spacial score (nSPS) is 17.2. The highest BCUT2D eigenvalue weighted by Crippen LogP contribution is 2.37. The second-order valence-corrected chi connectivity index (χ2v) is 14.8. The summed E-state index contributed by atoms with van der Waals surface area (Å²) in [6.45, 7) is 16.0. The van der Waals surface area contributed by atoms with Crippen molar-refractivity contribution in [2.75, 3.05) is 52.4 Å². The maximum atomic E-state index is 5.49. The molecule has 0 spiro atoms. The van der Waals surface area contributed by atoms with Crippen molar-refractivity contribution in [3.63, 3.8) is 0 Å². The number of aromatic nitrogens is 4. The summed E-state index contributed by atoms with van der Waals surface area (Å²) in [6, 6.07) is 8.87. The van der Waals surface area contributed by atoms with Gasteiger partial charge in [0.1, 0.15) is 0 Å². The minimum atomic E-state index is 0. The monoisotopic (exact) mass is 774 g/mol. The molecule has 290 valence electrons. The molecule has 2 N–H and O–H groups in total. The third-order valence-corrected chi connectivity index (χ3v) is 11.6. The van der Waals surface area contributed by atoms with E-state index in [1.54, 1.807) is 0 Å². The maximum absolute atomic E-state index is 5.49. The number of nitrogens with zero attached hydrogens (tertiary/aromatic N) is 6. The third-order valence-electron chi connectivity index (χ3n) is 11.6. The molecule has 3 aromatic rings. The van der Waals surface area contributed by atoms with Crippen LogP contribution in [0.25, 0.3) is 68.7 Å². The quantitative estimate of drug-likeness (QED) is 0.164. The number of rotatable bonds is 8. The van der Waals surface area contributed by atoms with Crippen LogP contribution in [0.2, 0.25) is 0 Å². The molecule has 0 unspecified atom stereocenters. The Bertz CT molecular complexity index is 2220. The molecule has 0 radical (unpaired) electrons. The Morgan fingerprint density at radius 1 is 0.404 bits per heavy atom. The predicted molar refractivity (Wildman–Crippen MR) is 244 cm³/mol. The van der Waals surface area contributed by atoms with Crippen LogP contribution in [-0.4, -0.2) is 91.9 Å². The number of hydrogen-bond acceptors (Lipinski definition) is 6. The van der Waals surface area contributed by atoms with Crippen LogP contribution in [0, 0.1) is 0 Å². The Labute approximate surface area is 342 Å². The van der Waals surface area contributed by atoms with Crippen molar-refractivity contribution in [3.8, 4) is 0 Å². The van der Waals surface area contributed by atoms with Gasteiger partial charge in [0.15, 0.2) is 0 Å². The molecule has 8 nitrogen and oxygen atoms in total. The fourth-order valence-corrected chi connectivity index (χ4v) is 8.22. The summed E-state index contributed by atoms with van der Waals surface area (Å²) in [4.78, 5) is 28.1. The molecule has 6 aliphatic heterocycles. The molecule has 0 saturated heterocycles. The highest BCUT2D eigenvalue weighted by atomic mass is 35.5. The predicted octanol–water partition coefficient (Wildman–Crippen LogP) is 10.0. The summed E-state index contributed by atoms with van der Waals surface area (Å²) in [5.74, 6) is 0. The van der Waals surface area contributed by atoms with Crippen molar-refractivity contribution in [2.45, 2.75) is 27.7 Å². The van der Waals surface area contributed by atoms with Crippen molar-refractivity contribution in [1.29, 1.82) is 0 Å². The van der Waals surface area contributed by atoms with Gasteiger partial charge in [-0.05, 0) is 148 Å². The van der Waals surface area contributed by atoms with Gasteiger partial charge in [-0.15, -0.1) is 12.4 Å². The summed E-state index contributed by atoms with van der Waals surface area (Å²) >= 11 is 0. The summed E-state index contributed by atoms with van der Waals surface area (Å²) in [5, 5.41) is 0. The number of fused-ring (bicyclic) bond motifs is 8. The van der Waals surface area contributed by atoms with Crippen LogP contribution < -0.4 is 0 Å². The van der Waals surface area contributed by atoms with Crippen LogP contribution >= 0.6 is 12.4 Å². The van der Waals surface area contributed by atoms with Gasteiger partial charge in [0.2, 0.25) is 0 Å². The minimum Gasteiger partial charge on any atom is -0.374 e. The number of nitrogens with one attached hydrogen (secondary N) is 2. The Morgan fingerprint density at radius 2 is 0.649 bits per heavy atom. The SMILES string of the molecule is CCN1C=CC(c2c3nc(c(C4=CCN(CC)C=C4)c4ccc([nH]4)c(C4=CCN(CC)C=C4)c4nc(c(C5=CCN(CC)C=C5)c5ccc2[nH]5)C=C4)C=C3)=CC1.Cl. The maximum Gasteiger partial charge on any atom is 0.0737 e. The zero-order valence-corrected chi connectivity index (χ0v) is 34.1. The van der Waals surface area contributed by atoms with E-state index in [1.807, 2.05) is 0 Å². The minimum absolute atomic E-state index is 0. The van der Waals surface area contributed by atoms with Crippen molar-refractivity contribution in [1.82, 2.24) is 39.5 Å². The van der Waals surface area contributed by atoms with Gasteiger partial charge in [0.25, 0.3) is 0 Å². The number of H-pyrrole nitrogens is 2. The van der Waals surface area contributed by atoms with Gasteiger partial charge < -0.3 is 29.6 Å². The van der Waals surface area contributed by atoms with Gasteiger partial charge in [-0.25, -0.2) is 9.97 Å². The highest BCUT2D eigenvalue weighted by molar-refractivity contribution is 5.99. The van der Waals surface area contributed by atoms with Gasteiger partial charge in [0, 0.05) is 96.7 Å². The average molecular weight is 775 g/mol. The molecule has 9 rings (SSSR count). The van der Waals surface area contributed by atoms with Gasteiger partial charge in [0.05, 0.1) is 22.8 Å². The van der Waals surface area contributed by atoms with Crippen molar-refractivity contribution in [2.24, 2.45) is 0 Å². The Hall–Kier alpha value is -5.99. The average Bonchev–Trinajstić information content (AvgIpc) is 4.10. The van der Waals surface area contributed by atoms with Gasteiger partial charge in [-0.2, -0.15) is 0 Å². The first-order valence-corrected chi connectivity index (χ1v) is 20.2. The van der Waals surface area contributed by atoms with Crippen LogP contribution in [0.4, 0.5) is 0 Å². The lowest BCUT2D eigenvalue weighted by molar-refractivity contribution is 0.437. The van der Waals surface area contributed by atoms with E-state index in [-0.39, 0.29) is 12.4 Å². The van der Waals surface area contributed by atoms with Crippen molar-refractivity contribution in [3.05, 3.63) is 143 Å². The number of hydrogen-bond donors (Lipinski definition) is 2. The third kappa shape index (κ3) is 7.26. The topological polar surface area (TPSA) is 70.3 Å². The van der Waals surface area contributed by atoms with E-state index in [1.165, 1.54) is 0 Å². The molecule has 0 saturated carbocycles. The Morgan fingerprint density at radius 3 is 0.842 bits per heavy atom. The number of allylic oxidation sites excluding steroid dienone is 8. The zero-order valence-electron chi connectivity index (χ0n) is 33.3. The highest BCUT2D eigenvalue weighted by Gasteiger charge is 2.22.